The van der Waals surface area contributed by atoms with E-state index in [1.54, 1.807) is 0 Å². The summed E-state index contributed by atoms with van der Waals surface area (Å²) >= 11 is 0. The maximum atomic E-state index is 9.42. The van der Waals surface area contributed by atoms with Crippen LogP contribution in [0.2, 0.25) is 0 Å². The molecule has 0 atom stereocenters. The number of rotatable bonds is 0. The first-order valence-electron chi connectivity index (χ1n) is 2.88. The van der Waals surface area contributed by atoms with Gasteiger partial charge in [-0.3, -0.25) is 0 Å². The lowest BCUT2D eigenvalue weighted by atomic mass is 10.6. The van der Waals surface area contributed by atoms with Gasteiger partial charge in [0.1, 0.15) is 0 Å². The van der Waals surface area contributed by atoms with E-state index in [1.165, 1.54) is 0 Å². The molecule has 3 heteroatoms. The van der Waals surface area contributed by atoms with Gasteiger partial charge in [0, 0.05) is 24.6 Å². The lowest BCUT2D eigenvalue weighted by molar-refractivity contribution is 0.604. The average Bonchev–Trinajstić information content (AvgIpc) is 1.65. The van der Waals surface area contributed by atoms with E-state index in [-0.39, 0.29) is 0 Å². The second-order valence-electron chi connectivity index (χ2n) is 2.38. The summed E-state index contributed by atoms with van der Waals surface area (Å²) in [7, 11) is -1.15. The molecule has 0 saturated carbocycles. The molecule has 2 nitrogen and oxygen atoms in total. The van der Waals surface area contributed by atoms with Gasteiger partial charge in [-0.25, -0.2) is 0 Å². The molecular weight excluding hydrogens is 122 g/mol. The highest BCUT2D eigenvalue weighted by Gasteiger charge is 2.16. The van der Waals surface area contributed by atoms with E-state index in [2.05, 4.69) is 5.32 Å². The molecule has 1 aliphatic heterocycles. The molecule has 1 aliphatic rings. The molecule has 0 aromatic carbocycles. The molecule has 8 heavy (non-hydrogen) atoms. The van der Waals surface area contributed by atoms with Gasteiger partial charge < -0.3 is 9.87 Å². The second-order valence-corrected chi connectivity index (χ2v) is 5.64. The Morgan fingerprint density at radius 2 is 1.88 bits per heavy atom. The van der Waals surface area contributed by atoms with Crippen LogP contribution in [0.25, 0.3) is 0 Å². The maximum absolute atomic E-state index is 9.42. The summed E-state index contributed by atoms with van der Waals surface area (Å²) in [5.41, 5.74) is 0. The van der Waals surface area contributed by atoms with Crippen molar-refractivity contribution in [1.29, 1.82) is 0 Å². The Labute approximate surface area is 51.8 Å². The Kier molecular flexibility index (Phi) is 1.80. The van der Waals surface area contributed by atoms with Gasteiger partial charge in [0.05, 0.1) is 0 Å². The third kappa shape index (κ3) is 1.65. The van der Waals surface area contributed by atoms with E-state index >= 15 is 0 Å². The van der Waals surface area contributed by atoms with Gasteiger partial charge in [-0.1, -0.05) is 0 Å². The smallest absolute Gasteiger partial charge is 0.0111 e. The van der Waals surface area contributed by atoms with E-state index in [4.69, 9.17) is 0 Å². The maximum Gasteiger partial charge on any atom is 0.0111 e. The molecule has 50 valence electrons. The molecule has 0 amide bonds. The van der Waals surface area contributed by atoms with Gasteiger partial charge in [-0.2, -0.15) is 0 Å². The van der Waals surface area contributed by atoms with Gasteiger partial charge in [-0.05, 0) is 6.26 Å². The molecule has 0 bridgehead atoms. The van der Waals surface area contributed by atoms with E-state index < -0.39 is 10.3 Å². The van der Waals surface area contributed by atoms with Gasteiger partial charge in [0.25, 0.3) is 0 Å². The minimum Gasteiger partial charge on any atom is -0.352 e. The Hall–Kier alpha value is 0.270. The third-order valence-corrected chi connectivity index (χ3v) is 3.60. The number of nitrogens with one attached hydrogen (secondary N) is 1. The second kappa shape index (κ2) is 2.25. The molecular formula is C5H13NOS. The Bertz CT molecular complexity index is 76.5. The monoisotopic (exact) mass is 135 g/mol. The molecule has 1 rings (SSSR count). The van der Waals surface area contributed by atoms with Crippen molar-refractivity contribution in [2.75, 3.05) is 30.9 Å². The van der Waals surface area contributed by atoms with Crippen molar-refractivity contribution in [3.63, 3.8) is 0 Å². The van der Waals surface area contributed by atoms with E-state index in [0.717, 1.165) is 24.6 Å². The van der Waals surface area contributed by atoms with Crippen LogP contribution in [-0.2, 0) is 0 Å². The minimum absolute atomic E-state index is 0.979. The largest absolute Gasteiger partial charge is 0.352 e. The first-order valence-corrected chi connectivity index (χ1v) is 5.21. The highest BCUT2D eigenvalue weighted by atomic mass is 32.3. The van der Waals surface area contributed by atoms with Crippen LogP contribution in [-0.4, -0.2) is 35.4 Å². The highest BCUT2D eigenvalue weighted by Crippen LogP contribution is 2.38. The summed E-state index contributed by atoms with van der Waals surface area (Å²) in [6.07, 6.45) is 1.98. The molecule has 0 spiro atoms. The van der Waals surface area contributed by atoms with Crippen LogP contribution in [0.15, 0.2) is 0 Å². The summed E-state index contributed by atoms with van der Waals surface area (Å²) in [5.74, 6) is 1.96. The number of hydrogen-bond donors (Lipinski definition) is 2. The first kappa shape index (κ1) is 6.39. The van der Waals surface area contributed by atoms with E-state index in [9.17, 15) is 4.55 Å². The van der Waals surface area contributed by atoms with Crippen LogP contribution in [0.1, 0.15) is 0 Å². The Morgan fingerprint density at radius 1 is 1.38 bits per heavy atom. The Balaban J connectivity index is 2.33. The van der Waals surface area contributed by atoms with Crippen molar-refractivity contribution in [1.82, 2.24) is 5.32 Å². The van der Waals surface area contributed by atoms with E-state index in [0.29, 0.717) is 0 Å². The summed E-state index contributed by atoms with van der Waals surface area (Å²) < 4.78 is 9.42. The van der Waals surface area contributed by atoms with Crippen molar-refractivity contribution in [2.24, 2.45) is 0 Å². The molecule has 1 fully saturated rings. The SMILES string of the molecule is CS1(O)CCNCC1. The summed E-state index contributed by atoms with van der Waals surface area (Å²) in [6.45, 7) is 2.00. The van der Waals surface area contributed by atoms with Gasteiger partial charge in [-0.15, -0.1) is 10.3 Å². The summed E-state index contributed by atoms with van der Waals surface area (Å²) in [5, 5.41) is 3.20. The van der Waals surface area contributed by atoms with Crippen molar-refractivity contribution >= 4 is 10.3 Å². The standard InChI is InChI=1S/C5H13NOS/c1-8(7)4-2-6-3-5-8/h6-7H,2-5H2,1H3. The summed E-state index contributed by atoms with van der Waals surface area (Å²) in [6, 6.07) is 0. The molecule has 0 aromatic rings. The fourth-order valence-electron chi connectivity index (χ4n) is 0.811. The van der Waals surface area contributed by atoms with E-state index in [1.807, 2.05) is 6.26 Å². The minimum atomic E-state index is -1.15. The van der Waals surface area contributed by atoms with Gasteiger partial charge >= 0.3 is 0 Å². The quantitative estimate of drug-likeness (QED) is 0.507. The van der Waals surface area contributed by atoms with Crippen molar-refractivity contribution < 1.29 is 4.55 Å². The van der Waals surface area contributed by atoms with Crippen LogP contribution >= 0.6 is 10.3 Å². The molecule has 0 aliphatic carbocycles. The molecule has 1 heterocycles. The van der Waals surface area contributed by atoms with Crippen LogP contribution in [0.5, 0.6) is 0 Å². The molecule has 1 saturated heterocycles. The van der Waals surface area contributed by atoms with Crippen molar-refractivity contribution in [3.05, 3.63) is 0 Å². The van der Waals surface area contributed by atoms with Crippen LogP contribution in [0, 0.1) is 0 Å². The fraction of sp³-hybridized carbons (Fsp3) is 1.00. The topological polar surface area (TPSA) is 32.3 Å². The number of hydrogen-bond acceptors (Lipinski definition) is 2. The van der Waals surface area contributed by atoms with Crippen LogP contribution in [0.4, 0.5) is 0 Å². The normalized spacial score (nSPS) is 31.8. The molecule has 2 N–H and O–H groups in total. The van der Waals surface area contributed by atoms with Crippen molar-refractivity contribution in [3.8, 4) is 0 Å². The highest BCUT2D eigenvalue weighted by molar-refractivity contribution is 8.28. The zero-order chi connectivity index (χ0) is 6.04. The van der Waals surface area contributed by atoms with Gasteiger partial charge in [0.15, 0.2) is 0 Å². The lowest BCUT2D eigenvalue weighted by Crippen LogP contribution is -2.33. The predicted molar refractivity (Wildman–Crippen MR) is 38.7 cm³/mol. The predicted octanol–water partition coefficient (Wildman–Crippen LogP) is 0.497. The zero-order valence-corrected chi connectivity index (χ0v) is 6.00. The van der Waals surface area contributed by atoms with Crippen LogP contribution < -0.4 is 5.32 Å². The molecule has 0 unspecified atom stereocenters. The molecule has 0 aromatic heterocycles. The summed E-state index contributed by atoms with van der Waals surface area (Å²) in [4.78, 5) is 0. The van der Waals surface area contributed by atoms with Gasteiger partial charge in [0.2, 0.25) is 0 Å². The first-order chi connectivity index (χ1) is 3.71. The Morgan fingerprint density at radius 3 is 2.12 bits per heavy atom. The fourth-order valence-corrected chi connectivity index (χ4v) is 2.18. The zero-order valence-electron chi connectivity index (χ0n) is 5.18. The third-order valence-electron chi connectivity index (χ3n) is 1.44. The lowest BCUT2D eigenvalue weighted by Gasteiger charge is -2.33. The molecule has 0 radical (unpaired) electrons. The van der Waals surface area contributed by atoms with Crippen molar-refractivity contribution in [2.45, 2.75) is 0 Å². The average molecular weight is 135 g/mol. The van der Waals surface area contributed by atoms with Crippen LogP contribution in [0.3, 0.4) is 0 Å².